The van der Waals surface area contributed by atoms with Crippen molar-refractivity contribution in [2.75, 3.05) is 11.9 Å². The summed E-state index contributed by atoms with van der Waals surface area (Å²) in [6.45, 7) is 4.32. The first kappa shape index (κ1) is 10.4. The normalized spacial score (nSPS) is 13.2. The van der Waals surface area contributed by atoms with Gasteiger partial charge in [0.1, 0.15) is 0 Å². The third-order valence-corrected chi connectivity index (χ3v) is 3.57. The highest BCUT2D eigenvalue weighted by molar-refractivity contribution is 5.74. The van der Waals surface area contributed by atoms with E-state index in [4.69, 9.17) is 0 Å². The van der Waals surface area contributed by atoms with Gasteiger partial charge in [0.05, 0.1) is 0 Å². The van der Waals surface area contributed by atoms with Crippen LogP contribution in [0, 0.1) is 13.8 Å². The zero-order valence-electron chi connectivity index (χ0n) is 10.6. The van der Waals surface area contributed by atoms with Gasteiger partial charge in [-0.2, -0.15) is 0 Å². The maximum atomic E-state index is 2.30. The minimum Gasteiger partial charge on any atom is -0.344 e. The van der Waals surface area contributed by atoms with E-state index in [1.54, 1.807) is 0 Å². The summed E-state index contributed by atoms with van der Waals surface area (Å²) < 4.78 is 0. The Morgan fingerprint density at radius 1 is 0.824 bits per heavy atom. The monoisotopic (exact) mass is 223 g/mol. The largest absolute Gasteiger partial charge is 0.344 e. The first-order valence-electron chi connectivity index (χ1n) is 6.08. The first-order valence-corrected chi connectivity index (χ1v) is 6.08. The molecular formula is C16H17N. The maximum absolute atomic E-state index is 2.30. The van der Waals surface area contributed by atoms with Crippen molar-refractivity contribution in [3.05, 3.63) is 58.7 Å². The fourth-order valence-electron chi connectivity index (χ4n) is 2.70. The molecule has 0 spiro atoms. The Bertz CT molecular complexity index is 533. The van der Waals surface area contributed by atoms with Gasteiger partial charge in [0, 0.05) is 24.8 Å². The average Bonchev–Trinajstić information content (AvgIpc) is 2.28. The third kappa shape index (κ3) is 1.62. The van der Waals surface area contributed by atoms with Crippen molar-refractivity contribution in [2.24, 2.45) is 0 Å². The van der Waals surface area contributed by atoms with Gasteiger partial charge in [0.2, 0.25) is 0 Å². The van der Waals surface area contributed by atoms with Crippen LogP contribution in [0.1, 0.15) is 22.3 Å². The SMILES string of the molecule is Cc1ccc2c(c1)Cc1cc(C)ccc1N2C. The number of fused-ring (bicyclic) bond motifs is 2. The number of rotatable bonds is 0. The van der Waals surface area contributed by atoms with Crippen LogP contribution in [0.25, 0.3) is 0 Å². The summed E-state index contributed by atoms with van der Waals surface area (Å²) in [6.07, 6.45) is 1.05. The highest BCUT2D eigenvalue weighted by Gasteiger charge is 2.19. The highest BCUT2D eigenvalue weighted by Crippen LogP contribution is 2.37. The van der Waals surface area contributed by atoms with Gasteiger partial charge < -0.3 is 4.90 Å². The molecule has 1 aliphatic heterocycles. The van der Waals surface area contributed by atoms with Gasteiger partial charge in [-0.1, -0.05) is 35.4 Å². The van der Waals surface area contributed by atoms with Crippen molar-refractivity contribution >= 4 is 11.4 Å². The van der Waals surface area contributed by atoms with Crippen molar-refractivity contribution in [2.45, 2.75) is 20.3 Å². The van der Waals surface area contributed by atoms with Gasteiger partial charge in [0.25, 0.3) is 0 Å². The van der Waals surface area contributed by atoms with E-state index in [0.717, 1.165) is 6.42 Å². The predicted octanol–water partition coefficient (Wildman–Crippen LogP) is 3.98. The molecule has 86 valence electrons. The lowest BCUT2D eigenvalue weighted by atomic mass is 9.94. The van der Waals surface area contributed by atoms with E-state index in [1.165, 1.54) is 33.6 Å². The third-order valence-electron chi connectivity index (χ3n) is 3.57. The summed E-state index contributed by atoms with van der Waals surface area (Å²) >= 11 is 0. The summed E-state index contributed by atoms with van der Waals surface area (Å²) in [4.78, 5) is 2.30. The lowest BCUT2D eigenvalue weighted by molar-refractivity contribution is 1.05. The van der Waals surface area contributed by atoms with Crippen LogP contribution in [-0.4, -0.2) is 7.05 Å². The van der Waals surface area contributed by atoms with Gasteiger partial charge in [-0.15, -0.1) is 0 Å². The van der Waals surface area contributed by atoms with E-state index >= 15 is 0 Å². The van der Waals surface area contributed by atoms with E-state index in [9.17, 15) is 0 Å². The molecule has 2 aromatic carbocycles. The first-order chi connectivity index (χ1) is 8.15. The summed E-state index contributed by atoms with van der Waals surface area (Å²) in [6, 6.07) is 13.4. The average molecular weight is 223 g/mol. The number of benzene rings is 2. The van der Waals surface area contributed by atoms with Gasteiger partial charge in [-0.25, -0.2) is 0 Å². The topological polar surface area (TPSA) is 3.24 Å². The molecule has 17 heavy (non-hydrogen) atoms. The molecule has 0 saturated heterocycles. The Kier molecular flexibility index (Phi) is 2.22. The molecule has 1 heteroatoms. The number of nitrogens with zero attached hydrogens (tertiary/aromatic N) is 1. The van der Waals surface area contributed by atoms with Crippen LogP contribution in [0.4, 0.5) is 11.4 Å². The zero-order valence-corrected chi connectivity index (χ0v) is 10.6. The summed E-state index contributed by atoms with van der Waals surface area (Å²) in [5.74, 6) is 0. The molecule has 3 rings (SSSR count). The van der Waals surface area contributed by atoms with Crippen molar-refractivity contribution in [3.8, 4) is 0 Å². The van der Waals surface area contributed by atoms with Crippen LogP contribution in [-0.2, 0) is 6.42 Å². The van der Waals surface area contributed by atoms with Gasteiger partial charge in [-0.05, 0) is 37.1 Å². The molecule has 0 atom stereocenters. The van der Waals surface area contributed by atoms with Gasteiger partial charge >= 0.3 is 0 Å². The molecule has 0 saturated carbocycles. The molecule has 0 unspecified atom stereocenters. The summed E-state index contributed by atoms with van der Waals surface area (Å²) in [7, 11) is 2.15. The maximum Gasteiger partial charge on any atom is 0.0444 e. The molecule has 0 fully saturated rings. The molecule has 1 heterocycles. The van der Waals surface area contributed by atoms with Crippen LogP contribution in [0.3, 0.4) is 0 Å². The Labute approximate surface area is 103 Å². The zero-order chi connectivity index (χ0) is 12.0. The second kappa shape index (κ2) is 3.63. The highest BCUT2D eigenvalue weighted by atomic mass is 15.1. The number of hydrogen-bond acceptors (Lipinski definition) is 1. The standard InChI is InChI=1S/C16H17N/c1-11-4-6-15-13(8-11)10-14-9-12(2)5-7-16(14)17(15)3/h4-9H,10H2,1-3H3. The van der Waals surface area contributed by atoms with Crippen LogP contribution in [0.2, 0.25) is 0 Å². The van der Waals surface area contributed by atoms with Crippen LogP contribution < -0.4 is 4.90 Å². The lowest BCUT2D eigenvalue weighted by Crippen LogP contribution is -2.18. The van der Waals surface area contributed by atoms with Crippen molar-refractivity contribution in [1.82, 2.24) is 0 Å². The molecule has 0 aliphatic carbocycles. The molecule has 0 aromatic heterocycles. The second-order valence-corrected chi connectivity index (χ2v) is 5.00. The Hall–Kier alpha value is -1.76. The van der Waals surface area contributed by atoms with E-state index in [1.807, 2.05) is 0 Å². The van der Waals surface area contributed by atoms with E-state index in [0.29, 0.717) is 0 Å². The Morgan fingerprint density at radius 3 is 1.76 bits per heavy atom. The smallest absolute Gasteiger partial charge is 0.0444 e. The number of anilines is 2. The molecule has 1 aliphatic rings. The Morgan fingerprint density at radius 2 is 1.29 bits per heavy atom. The Balaban J connectivity index is 2.17. The predicted molar refractivity (Wildman–Crippen MR) is 73.2 cm³/mol. The van der Waals surface area contributed by atoms with Crippen molar-refractivity contribution in [3.63, 3.8) is 0 Å². The number of hydrogen-bond donors (Lipinski definition) is 0. The fraction of sp³-hybridized carbons (Fsp3) is 0.250. The molecule has 0 radical (unpaired) electrons. The lowest BCUT2D eigenvalue weighted by Gasteiger charge is -2.30. The van der Waals surface area contributed by atoms with Crippen molar-refractivity contribution < 1.29 is 0 Å². The van der Waals surface area contributed by atoms with Gasteiger partial charge in [0.15, 0.2) is 0 Å². The molecule has 2 aromatic rings. The van der Waals surface area contributed by atoms with Crippen molar-refractivity contribution in [1.29, 1.82) is 0 Å². The second-order valence-electron chi connectivity index (χ2n) is 5.00. The number of aryl methyl sites for hydroxylation is 2. The quantitative estimate of drug-likeness (QED) is 0.653. The van der Waals surface area contributed by atoms with Crippen LogP contribution >= 0.6 is 0 Å². The van der Waals surface area contributed by atoms with E-state index in [-0.39, 0.29) is 0 Å². The molecule has 0 bridgehead atoms. The molecule has 1 nitrogen and oxygen atoms in total. The summed E-state index contributed by atoms with van der Waals surface area (Å²) in [5, 5.41) is 0. The molecule has 0 amide bonds. The molecule has 0 N–H and O–H groups in total. The fourth-order valence-corrected chi connectivity index (χ4v) is 2.70. The minimum absolute atomic E-state index is 1.05. The van der Waals surface area contributed by atoms with Crippen LogP contribution in [0.15, 0.2) is 36.4 Å². The van der Waals surface area contributed by atoms with Gasteiger partial charge in [-0.3, -0.25) is 0 Å². The minimum atomic E-state index is 1.05. The van der Waals surface area contributed by atoms with E-state index in [2.05, 4.69) is 62.2 Å². The summed E-state index contributed by atoms with van der Waals surface area (Å²) in [5.41, 5.74) is 8.23. The molecular weight excluding hydrogens is 206 g/mol. The van der Waals surface area contributed by atoms with E-state index < -0.39 is 0 Å². The van der Waals surface area contributed by atoms with Crippen LogP contribution in [0.5, 0.6) is 0 Å².